The van der Waals surface area contributed by atoms with E-state index in [1.807, 2.05) is 31.2 Å². The van der Waals surface area contributed by atoms with Gasteiger partial charge in [0.2, 0.25) is 5.76 Å². The molecule has 1 N–H and O–H groups in total. The zero-order chi connectivity index (χ0) is 15.9. The monoisotopic (exact) mass is 369 g/mol. The van der Waals surface area contributed by atoms with Gasteiger partial charge in [-0.25, -0.2) is 4.79 Å². The summed E-state index contributed by atoms with van der Waals surface area (Å²) in [5.41, 5.74) is 0.953. The van der Waals surface area contributed by atoms with Gasteiger partial charge in [0.05, 0.1) is 6.04 Å². The van der Waals surface area contributed by atoms with Gasteiger partial charge >= 0.3 is 5.97 Å². The minimum absolute atomic E-state index is 0.0278. The molecule has 0 saturated heterocycles. The zero-order valence-corrected chi connectivity index (χ0v) is 13.6. The van der Waals surface area contributed by atoms with E-state index in [1.54, 1.807) is 0 Å². The van der Waals surface area contributed by atoms with E-state index in [0.717, 1.165) is 10.0 Å². The van der Waals surface area contributed by atoms with Gasteiger partial charge in [0, 0.05) is 4.47 Å². The zero-order valence-electron chi connectivity index (χ0n) is 12.0. The first-order valence-corrected chi connectivity index (χ1v) is 7.52. The van der Waals surface area contributed by atoms with Gasteiger partial charge in [-0.2, -0.15) is 0 Å². The van der Waals surface area contributed by atoms with Gasteiger partial charge in [-0.3, -0.25) is 4.79 Å². The summed E-state index contributed by atoms with van der Waals surface area (Å²) in [5.74, 6) is -1.13. The number of hydrogen-bond acceptors (Lipinski definition) is 5. The standard InChI is InChI=1S/C15H16BrNO5/c1-10(11-2-4-12(16)5-3-11)17-14(18)9-22-15(19)13-8-20-6-7-21-13/h2-5,8,10H,6-7,9H2,1H3,(H,17,18)/t10-/m0/s1. The molecule has 118 valence electrons. The molecule has 0 spiro atoms. The molecule has 0 aliphatic carbocycles. The number of hydrogen-bond donors (Lipinski definition) is 1. The van der Waals surface area contributed by atoms with Gasteiger partial charge in [0.25, 0.3) is 5.91 Å². The van der Waals surface area contributed by atoms with E-state index < -0.39 is 5.97 Å². The predicted octanol–water partition coefficient (Wildman–Crippen LogP) is 2.06. The van der Waals surface area contributed by atoms with Crippen LogP contribution in [0.4, 0.5) is 0 Å². The second kappa shape index (κ2) is 7.84. The largest absolute Gasteiger partial charge is 0.493 e. The van der Waals surface area contributed by atoms with E-state index in [4.69, 9.17) is 14.2 Å². The number of rotatable bonds is 5. The maximum atomic E-state index is 11.8. The van der Waals surface area contributed by atoms with Crippen LogP contribution >= 0.6 is 15.9 Å². The maximum absolute atomic E-state index is 11.8. The summed E-state index contributed by atoms with van der Waals surface area (Å²) in [4.78, 5) is 23.4. The maximum Gasteiger partial charge on any atom is 0.377 e. The highest BCUT2D eigenvalue weighted by Gasteiger charge is 2.18. The van der Waals surface area contributed by atoms with Gasteiger partial charge < -0.3 is 19.5 Å². The van der Waals surface area contributed by atoms with Gasteiger partial charge in [-0.15, -0.1) is 0 Å². The number of carbonyl (C=O) groups is 2. The molecule has 1 aromatic rings. The van der Waals surface area contributed by atoms with Crippen LogP contribution in [-0.4, -0.2) is 31.7 Å². The summed E-state index contributed by atoms with van der Waals surface area (Å²) < 4.78 is 15.8. The fourth-order valence-electron chi connectivity index (χ4n) is 1.80. The third-order valence-electron chi connectivity index (χ3n) is 2.93. The Morgan fingerprint density at radius 1 is 1.32 bits per heavy atom. The lowest BCUT2D eigenvalue weighted by Gasteiger charge is -2.16. The highest BCUT2D eigenvalue weighted by atomic mass is 79.9. The molecule has 0 radical (unpaired) electrons. The Kier molecular flexibility index (Phi) is 5.83. The summed E-state index contributed by atoms with van der Waals surface area (Å²) in [7, 11) is 0. The number of benzene rings is 1. The van der Waals surface area contributed by atoms with Crippen molar-refractivity contribution in [3.63, 3.8) is 0 Å². The Bertz CT molecular complexity index is 570. The second-order valence-corrected chi connectivity index (χ2v) is 5.53. The molecule has 6 nitrogen and oxygen atoms in total. The van der Waals surface area contributed by atoms with Crippen LogP contribution in [0.2, 0.25) is 0 Å². The molecule has 0 saturated carbocycles. The van der Waals surface area contributed by atoms with Crippen LogP contribution in [0, 0.1) is 0 Å². The third kappa shape index (κ3) is 4.77. The summed E-state index contributed by atoms with van der Waals surface area (Å²) >= 11 is 3.35. The molecule has 1 atom stereocenters. The molecule has 1 heterocycles. The van der Waals surface area contributed by atoms with Gasteiger partial charge in [-0.1, -0.05) is 28.1 Å². The van der Waals surface area contributed by atoms with E-state index >= 15 is 0 Å². The highest BCUT2D eigenvalue weighted by Crippen LogP contribution is 2.16. The molecule has 1 amide bonds. The number of ether oxygens (including phenoxy) is 3. The Morgan fingerprint density at radius 3 is 2.68 bits per heavy atom. The first kappa shape index (κ1) is 16.4. The van der Waals surface area contributed by atoms with Crippen molar-refractivity contribution < 1.29 is 23.8 Å². The summed E-state index contributed by atoms with van der Waals surface area (Å²) in [6.07, 6.45) is 1.19. The quantitative estimate of drug-likeness (QED) is 0.804. The van der Waals surface area contributed by atoms with Gasteiger partial charge in [0.1, 0.15) is 19.5 Å². The summed E-state index contributed by atoms with van der Waals surface area (Å²) in [6, 6.07) is 7.40. The van der Waals surface area contributed by atoms with E-state index in [1.165, 1.54) is 6.26 Å². The average Bonchev–Trinajstić information content (AvgIpc) is 2.54. The number of halogens is 1. The first-order valence-electron chi connectivity index (χ1n) is 6.73. The molecule has 1 aliphatic heterocycles. The van der Waals surface area contributed by atoms with Crippen molar-refractivity contribution in [2.45, 2.75) is 13.0 Å². The normalized spacial score (nSPS) is 14.9. The Balaban J connectivity index is 1.78. The van der Waals surface area contributed by atoms with Crippen molar-refractivity contribution in [1.82, 2.24) is 5.32 Å². The van der Waals surface area contributed by atoms with Gasteiger partial charge in [-0.05, 0) is 24.6 Å². The highest BCUT2D eigenvalue weighted by molar-refractivity contribution is 9.10. The topological polar surface area (TPSA) is 73.9 Å². The molecule has 0 bridgehead atoms. The van der Waals surface area contributed by atoms with Crippen molar-refractivity contribution >= 4 is 27.8 Å². The van der Waals surface area contributed by atoms with E-state index in [2.05, 4.69) is 21.2 Å². The minimum atomic E-state index is -0.717. The van der Waals surface area contributed by atoms with Crippen LogP contribution in [0.15, 0.2) is 40.8 Å². The number of nitrogens with one attached hydrogen (secondary N) is 1. The van der Waals surface area contributed by atoms with Crippen LogP contribution < -0.4 is 5.32 Å². The Labute approximate surface area is 136 Å². The predicted molar refractivity (Wildman–Crippen MR) is 81.6 cm³/mol. The number of carbonyl (C=O) groups excluding carboxylic acids is 2. The van der Waals surface area contributed by atoms with Gasteiger partial charge in [0.15, 0.2) is 6.61 Å². The van der Waals surface area contributed by atoms with Crippen LogP contribution in [0.25, 0.3) is 0 Å². The molecular formula is C15H16BrNO5. The molecule has 1 aliphatic rings. The molecule has 0 unspecified atom stereocenters. The lowest BCUT2D eigenvalue weighted by Crippen LogP contribution is -2.31. The fourth-order valence-corrected chi connectivity index (χ4v) is 2.06. The average molecular weight is 370 g/mol. The molecule has 22 heavy (non-hydrogen) atoms. The summed E-state index contributed by atoms with van der Waals surface area (Å²) in [6.45, 7) is 2.15. The lowest BCUT2D eigenvalue weighted by molar-refractivity contribution is -0.149. The SMILES string of the molecule is C[C@H](NC(=O)COC(=O)C1=COCCO1)c1ccc(Br)cc1. The minimum Gasteiger partial charge on any atom is -0.493 e. The fraction of sp³-hybridized carbons (Fsp3) is 0.333. The number of amides is 1. The van der Waals surface area contributed by atoms with E-state index in [9.17, 15) is 9.59 Å². The van der Waals surface area contributed by atoms with E-state index in [0.29, 0.717) is 6.61 Å². The van der Waals surface area contributed by atoms with Crippen LogP contribution in [0.5, 0.6) is 0 Å². The number of esters is 1. The van der Waals surface area contributed by atoms with E-state index in [-0.39, 0.29) is 30.9 Å². The van der Waals surface area contributed by atoms with Crippen molar-refractivity contribution in [3.8, 4) is 0 Å². The van der Waals surface area contributed by atoms with Crippen molar-refractivity contribution in [1.29, 1.82) is 0 Å². The second-order valence-electron chi connectivity index (χ2n) is 4.62. The third-order valence-corrected chi connectivity index (χ3v) is 3.46. The molecule has 0 aromatic heterocycles. The molecule has 7 heteroatoms. The Morgan fingerprint density at radius 2 is 2.05 bits per heavy atom. The summed E-state index contributed by atoms with van der Waals surface area (Å²) in [5, 5.41) is 2.75. The molecule has 1 aromatic carbocycles. The van der Waals surface area contributed by atoms with Crippen molar-refractivity contribution in [2.24, 2.45) is 0 Å². The molecule has 2 rings (SSSR count). The first-order chi connectivity index (χ1) is 10.6. The van der Waals surface area contributed by atoms with Crippen LogP contribution in [0.3, 0.4) is 0 Å². The van der Waals surface area contributed by atoms with Crippen LogP contribution in [0.1, 0.15) is 18.5 Å². The Hall–Kier alpha value is -2.02. The van der Waals surface area contributed by atoms with Crippen molar-refractivity contribution in [2.75, 3.05) is 19.8 Å². The van der Waals surface area contributed by atoms with Crippen molar-refractivity contribution in [3.05, 3.63) is 46.3 Å². The smallest absolute Gasteiger partial charge is 0.377 e. The molecule has 0 fully saturated rings. The van der Waals surface area contributed by atoms with Crippen LogP contribution in [-0.2, 0) is 23.8 Å². The molecular weight excluding hydrogens is 354 g/mol. The lowest BCUT2D eigenvalue weighted by atomic mass is 10.1.